The van der Waals surface area contributed by atoms with E-state index in [1.807, 2.05) is 51.1 Å². The number of carboxylic acids is 1. The fourth-order valence-corrected chi connectivity index (χ4v) is 5.69. The Bertz CT molecular complexity index is 1320. The van der Waals surface area contributed by atoms with Gasteiger partial charge in [0.15, 0.2) is 5.54 Å². The lowest BCUT2D eigenvalue weighted by Gasteiger charge is -2.32. The summed E-state index contributed by atoms with van der Waals surface area (Å²) in [5, 5.41) is 13.9. The zero-order valence-corrected chi connectivity index (χ0v) is 20.0. The molecule has 2 aliphatic heterocycles. The molecule has 0 saturated carbocycles. The summed E-state index contributed by atoms with van der Waals surface area (Å²) >= 11 is 0. The van der Waals surface area contributed by atoms with E-state index >= 15 is 0 Å². The van der Waals surface area contributed by atoms with E-state index in [4.69, 9.17) is 0 Å². The highest BCUT2D eigenvalue weighted by molar-refractivity contribution is 6.24. The number of aryl methyl sites for hydroxylation is 3. The minimum Gasteiger partial charge on any atom is -0.480 e. The first kappa shape index (κ1) is 23.0. The predicted molar refractivity (Wildman–Crippen MR) is 133 cm³/mol. The van der Waals surface area contributed by atoms with Crippen LogP contribution in [-0.2, 0) is 26.3 Å². The molecule has 0 radical (unpaired) electrons. The van der Waals surface area contributed by atoms with Crippen molar-refractivity contribution in [3.05, 3.63) is 101 Å². The van der Waals surface area contributed by atoms with E-state index in [0.29, 0.717) is 11.3 Å². The number of carboxylic acid groups (broad SMARTS) is 1. The summed E-state index contributed by atoms with van der Waals surface area (Å²) < 4.78 is 0. The molecule has 2 amide bonds. The van der Waals surface area contributed by atoms with Gasteiger partial charge < -0.3 is 5.11 Å². The molecule has 178 valence electrons. The van der Waals surface area contributed by atoms with Crippen molar-refractivity contribution >= 4 is 23.5 Å². The van der Waals surface area contributed by atoms with E-state index in [2.05, 4.69) is 5.32 Å². The number of amides is 2. The highest BCUT2D eigenvalue weighted by Gasteiger charge is 2.69. The van der Waals surface area contributed by atoms with Gasteiger partial charge in [0.05, 0.1) is 17.5 Å². The van der Waals surface area contributed by atoms with Crippen LogP contribution in [0.2, 0.25) is 0 Å². The summed E-state index contributed by atoms with van der Waals surface area (Å²) in [6, 6.07) is 21.3. The second kappa shape index (κ2) is 8.47. The van der Waals surface area contributed by atoms with Crippen LogP contribution >= 0.6 is 0 Å². The Labute approximate surface area is 204 Å². The van der Waals surface area contributed by atoms with E-state index in [0.717, 1.165) is 28.7 Å². The number of imide groups is 1. The normalized spacial score (nSPS) is 25.7. The van der Waals surface area contributed by atoms with Crippen molar-refractivity contribution in [3.63, 3.8) is 0 Å². The molecule has 2 fully saturated rings. The summed E-state index contributed by atoms with van der Waals surface area (Å²) in [7, 11) is 0. The van der Waals surface area contributed by atoms with Gasteiger partial charge in [-0.25, -0.2) is 9.69 Å². The van der Waals surface area contributed by atoms with Crippen molar-refractivity contribution in [2.24, 2.45) is 11.8 Å². The first-order chi connectivity index (χ1) is 16.8. The number of benzene rings is 3. The number of fused-ring (bicyclic) bond motifs is 1. The Morgan fingerprint density at radius 3 is 2.29 bits per heavy atom. The van der Waals surface area contributed by atoms with Crippen LogP contribution in [-0.4, -0.2) is 22.9 Å². The molecule has 3 aromatic carbocycles. The minimum atomic E-state index is -1.74. The Hall–Kier alpha value is -3.77. The smallest absolute Gasteiger partial charge is 0.329 e. The molecular formula is C29H28N2O4. The number of rotatable bonds is 5. The summed E-state index contributed by atoms with van der Waals surface area (Å²) in [6.45, 7) is 5.94. The molecule has 2 N–H and O–H groups in total. The number of carbonyl (C=O) groups is 3. The lowest BCUT2D eigenvalue weighted by Crippen LogP contribution is -2.53. The molecule has 2 aliphatic rings. The standard InChI is InChI=1S/C29H28N2O4/c1-4-19-12-14-21(15-13-19)31-26(32)23-24(27(31)33)29(28(34)35,20-8-6-5-7-9-20)30-25(23)22-16-17(2)10-11-18(22)3/h5-16,23-25,30H,4H2,1-3H3,(H,34,35). The van der Waals surface area contributed by atoms with Gasteiger partial charge in [0.1, 0.15) is 0 Å². The molecule has 0 aliphatic carbocycles. The quantitative estimate of drug-likeness (QED) is 0.546. The van der Waals surface area contributed by atoms with Crippen LogP contribution in [0.4, 0.5) is 5.69 Å². The van der Waals surface area contributed by atoms with Gasteiger partial charge in [-0.1, -0.05) is 73.2 Å². The van der Waals surface area contributed by atoms with Crippen LogP contribution in [0, 0.1) is 25.7 Å². The summed E-state index contributed by atoms with van der Waals surface area (Å²) in [4.78, 5) is 42.1. The number of hydrogen-bond donors (Lipinski definition) is 2. The van der Waals surface area contributed by atoms with E-state index in [1.54, 1.807) is 42.5 Å². The van der Waals surface area contributed by atoms with E-state index in [1.165, 1.54) is 4.90 Å². The molecule has 4 unspecified atom stereocenters. The van der Waals surface area contributed by atoms with Crippen LogP contribution in [0.3, 0.4) is 0 Å². The van der Waals surface area contributed by atoms with Crippen molar-refractivity contribution in [2.45, 2.75) is 38.8 Å². The first-order valence-electron chi connectivity index (χ1n) is 11.9. The molecule has 0 spiro atoms. The second-order valence-electron chi connectivity index (χ2n) is 9.50. The molecule has 6 heteroatoms. The zero-order chi connectivity index (χ0) is 24.9. The molecule has 2 heterocycles. The molecule has 4 atom stereocenters. The molecule has 0 bridgehead atoms. The SMILES string of the molecule is CCc1ccc(N2C(=O)C3C(c4cc(C)ccc4C)NC(C(=O)O)(c4ccccc4)C3C2=O)cc1. The largest absolute Gasteiger partial charge is 0.480 e. The van der Waals surface area contributed by atoms with E-state index < -0.39 is 35.3 Å². The Morgan fingerprint density at radius 2 is 1.66 bits per heavy atom. The van der Waals surface area contributed by atoms with Gasteiger partial charge in [0.25, 0.3) is 0 Å². The molecule has 2 saturated heterocycles. The maximum atomic E-state index is 14.0. The summed E-state index contributed by atoms with van der Waals surface area (Å²) in [5.74, 6) is -3.98. The van der Waals surface area contributed by atoms with Gasteiger partial charge in [0, 0.05) is 6.04 Å². The lowest BCUT2D eigenvalue weighted by atomic mass is 9.75. The van der Waals surface area contributed by atoms with Crippen LogP contribution < -0.4 is 10.2 Å². The molecule has 3 aromatic rings. The van der Waals surface area contributed by atoms with Gasteiger partial charge >= 0.3 is 5.97 Å². The number of hydrogen-bond acceptors (Lipinski definition) is 4. The predicted octanol–water partition coefficient (Wildman–Crippen LogP) is 4.30. The van der Waals surface area contributed by atoms with Gasteiger partial charge in [-0.2, -0.15) is 0 Å². The Kier molecular flexibility index (Phi) is 5.56. The Balaban J connectivity index is 1.72. The third kappa shape index (κ3) is 3.40. The number of aliphatic carboxylic acids is 1. The molecular weight excluding hydrogens is 440 g/mol. The van der Waals surface area contributed by atoms with Crippen molar-refractivity contribution in [2.75, 3.05) is 4.90 Å². The number of carbonyl (C=O) groups excluding carboxylic acids is 2. The molecule has 6 nitrogen and oxygen atoms in total. The van der Waals surface area contributed by atoms with Crippen molar-refractivity contribution in [1.82, 2.24) is 5.32 Å². The fourth-order valence-electron chi connectivity index (χ4n) is 5.69. The zero-order valence-electron chi connectivity index (χ0n) is 20.0. The second-order valence-corrected chi connectivity index (χ2v) is 9.50. The fraction of sp³-hybridized carbons (Fsp3) is 0.276. The van der Waals surface area contributed by atoms with Crippen LogP contribution in [0.5, 0.6) is 0 Å². The van der Waals surface area contributed by atoms with Gasteiger partial charge in [-0.05, 0) is 54.7 Å². The molecule has 35 heavy (non-hydrogen) atoms. The maximum absolute atomic E-state index is 14.0. The average Bonchev–Trinajstić information content (AvgIpc) is 3.36. The number of nitrogens with zero attached hydrogens (tertiary/aromatic N) is 1. The topological polar surface area (TPSA) is 86.7 Å². The van der Waals surface area contributed by atoms with Crippen LogP contribution in [0.15, 0.2) is 72.8 Å². The monoisotopic (exact) mass is 468 g/mol. The maximum Gasteiger partial charge on any atom is 0.329 e. The third-order valence-electron chi connectivity index (χ3n) is 7.50. The van der Waals surface area contributed by atoms with Gasteiger partial charge in [-0.15, -0.1) is 0 Å². The lowest BCUT2D eigenvalue weighted by molar-refractivity contribution is -0.149. The molecule has 5 rings (SSSR count). The third-order valence-corrected chi connectivity index (χ3v) is 7.50. The van der Waals surface area contributed by atoms with Crippen molar-refractivity contribution < 1.29 is 19.5 Å². The Morgan fingerprint density at radius 1 is 0.971 bits per heavy atom. The molecule has 0 aromatic heterocycles. The first-order valence-corrected chi connectivity index (χ1v) is 11.9. The number of nitrogens with one attached hydrogen (secondary N) is 1. The minimum absolute atomic E-state index is 0.373. The van der Waals surface area contributed by atoms with Crippen LogP contribution in [0.25, 0.3) is 0 Å². The summed E-state index contributed by atoms with van der Waals surface area (Å²) in [5.41, 5.74) is 3.05. The van der Waals surface area contributed by atoms with Crippen LogP contribution in [0.1, 0.15) is 40.8 Å². The van der Waals surface area contributed by atoms with Crippen molar-refractivity contribution in [3.8, 4) is 0 Å². The van der Waals surface area contributed by atoms with Crippen molar-refractivity contribution in [1.29, 1.82) is 0 Å². The van der Waals surface area contributed by atoms with Gasteiger partial charge in [0.2, 0.25) is 11.8 Å². The number of anilines is 1. The highest BCUT2D eigenvalue weighted by Crippen LogP contribution is 2.54. The van der Waals surface area contributed by atoms with E-state index in [-0.39, 0.29) is 5.91 Å². The average molecular weight is 469 g/mol. The summed E-state index contributed by atoms with van der Waals surface area (Å²) in [6.07, 6.45) is 0.836. The highest BCUT2D eigenvalue weighted by atomic mass is 16.4. The van der Waals surface area contributed by atoms with E-state index in [9.17, 15) is 19.5 Å². The van der Waals surface area contributed by atoms with Gasteiger partial charge in [-0.3, -0.25) is 14.9 Å².